The van der Waals surface area contributed by atoms with Crippen molar-refractivity contribution in [2.45, 2.75) is 24.5 Å². The molecule has 1 saturated heterocycles. The molecule has 7 nitrogen and oxygen atoms in total. The molecule has 1 aliphatic rings. The lowest BCUT2D eigenvalue weighted by Crippen LogP contribution is -2.35. The van der Waals surface area contributed by atoms with E-state index in [1.165, 1.54) is 6.33 Å². The van der Waals surface area contributed by atoms with E-state index in [9.17, 15) is 15.0 Å². The molecule has 0 aliphatic carbocycles. The average molecular weight is 278 g/mol. The molecule has 106 valence electrons. The molecule has 2 aromatic rings. The van der Waals surface area contributed by atoms with Gasteiger partial charge in [-0.05, 0) is 12.1 Å². The zero-order chi connectivity index (χ0) is 14.3. The van der Waals surface area contributed by atoms with E-state index in [-0.39, 0.29) is 5.56 Å². The molecular formula is C13H14N2O5. The standard InChI is InChI=1S/C13H14N2O5/c16-5-9-10(17)11(18)13(20-9)15-6-14-8-4-2-1-3-7(8)12(15)19/h1-4,6,9-11,13,16-18H,5H2/t9-,10+,11+,13+/m0/s1. The van der Waals surface area contributed by atoms with Gasteiger partial charge in [-0.2, -0.15) is 0 Å². The monoisotopic (exact) mass is 278 g/mol. The molecule has 0 spiro atoms. The van der Waals surface area contributed by atoms with Crippen LogP contribution in [0.4, 0.5) is 0 Å². The number of rotatable bonds is 2. The first-order valence-electron chi connectivity index (χ1n) is 6.22. The Morgan fingerprint density at radius 1 is 1.25 bits per heavy atom. The van der Waals surface area contributed by atoms with Gasteiger partial charge in [0.05, 0.1) is 17.5 Å². The number of nitrogens with zero attached hydrogens (tertiary/aromatic N) is 2. The molecule has 1 aromatic heterocycles. The molecule has 0 radical (unpaired) electrons. The van der Waals surface area contributed by atoms with Crippen LogP contribution in [0.5, 0.6) is 0 Å². The van der Waals surface area contributed by atoms with Crippen molar-refractivity contribution in [2.75, 3.05) is 6.61 Å². The van der Waals surface area contributed by atoms with Crippen LogP contribution in [0, 0.1) is 0 Å². The van der Waals surface area contributed by atoms with Crippen LogP contribution in [-0.2, 0) is 4.74 Å². The van der Waals surface area contributed by atoms with E-state index in [0.29, 0.717) is 10.9 Å². The Labute approximate surface area is 113 Å². The molecule has 1 aliphatic heterocycles. The lowest BCUT2D eigenvalue weighted by atomic mass is 10.1. The minimum absolute atomic E-state index is 0.370. The molecule has 0 unspecified atom stereocenters. The zero-order valence-corrected chi connectivity index (χ0v) is 10.5. The largest absolute Gasteiger partial charge is 0.394 e. The number of aromatic nitrogens is 2. The minimum Gasteiger partial charge on any atom is -0.394 e. The second-order valence-corrected chi connectivity index (χ2v) is 4.70. The SMILES string of the molecule is O=c1c2ccccc2ncn1[C@@H]1O[C@@H](CO)[C@@H](O)[C@H]1O. The second-order valence-electron chi connectivity index (χ2n) is 4.70. The van der Waals surface area contributed by atoms with Crippen molar-refractivity contribution < 1.29 is 20.1 Å². The molecule has 1 aromatic carbocycles. The Balaban J connectivity index is 2.07. The smallest absolute Gasteiger partial charge is 0.263 e. The molecule has 2 heterocycles. The number of para-hydroxylation sites is 1. The van der Waals surface area contributed by atoms with Gasteiger partial charge < -0.3 is 20.1 Å². The van der Waals surface area contributed by atoms with Crippen molar-refractivity contribution in [2.24, 2.45) is 0 Å². The fraction of sp³-hybridized carbons (Fsp3) is 0.385. The molecule has 0 bridgehead atoms. The van der Waals surface area contributed by atoms with Gasteiger partial charge in [0.25, 0.3) is 5.56 Å². The number of aliphatic hydroxyl groups excluding tert-OH is 3. The Morgan fingerprint density at radius 3 is 2.70 bits per heavy atom. The van der Waals surface area contributed by atoms with Crippen molar-refractivity contribution >= 4 is 10.9 Å². The van der Waals surface area contributed by atoms with Crippen LogP contribution in [0.2, 0.25) is 0 Å². The van der Waals surface area contributed by atoms with Crippen molar-refractivity contribution in [1.82, 2.24) is 9.55 Å². The molecule has 7 heteroatoms. The summed E-state index contributed by atoms with van der Waals surface area (Å²) in [6.07, 6.45) is -3.26. The zero-order valence-electron chi connectivity index (χ0n) is 10.5. The molecule has 1 fully saturated rings. The third-order valence-corrected chi connectivity index (χ3v) is 3.48. The van der Waals surface area contributed by atoms with Crippen LogP contribution in [0.3, 0.4) is 0 Å². The number of benzene rings is 1. The summed E-state index contributed by atoms with van der Waals surface area (Å²) in [4.78, 5) is 16.5. The Hall–Kier alpha value is -1.80. The van der Waals surface area contributed by atoms with Crippen LogP contribution < -0.4 is 5.56 Å². The van der Waals surface area contributed by atoms with Gasteiger partial charge in [-0.1, -0.05) is 12.1 Å². The topological polar surface area (TPSA) is 105 Å². The molecule has 20 heavy (non-hydrogen) atoms. The van der Waals surface area contributed by atoms with Gasteiger partial charge in [0.15, 0.2) is 6.23 Å². The third kappa shape index (κ3) is 1.92. The predicted molar refractivity (Wildman–Crippen MR) is 69.0 cm³/mol. The summed E-state index contributed by atoms with van der Waals surface area (Å²) >= 11 is 0. The number of aliphatic hydroxyl groups is 3. The maximum absolute atomic E-state index is 12.4. The van der Waals surface area contributed by atoms with Gasteiger partial charge in [-0.3, -0.25) is 9.36 Å². The third-order valence-electron chi connectivity index (χ3n) is 3.48. The summed E-state index contributed by atoms with van der Waals surface area (Å²) in [5.41, 5.74) is 0.172. The van der Waals surface area contributed by atoms with Gasteiger partial charge in [0.2, 0.25) is 0 Å². The van der Waals surface area contributed by atoms with E-state index in [4.69, 9.17) is 9.84 Å². The van der Waals surface area contributed by atoms with Crippen molar-refractivity contribution in [3.63, 3.8) is 0 Å². The highest BCUT2D eigenvalue weighted by Crippen LogP contribution is 2.28. The predicted octanol–water partition coefficient (Wildman–Crippen LogP) is -0.992. The average Bonchev–Trinajstić information content (AvgIpc) is 2.76. The fourth-order valence-electron chi connectivity index (χ4n) is 2.37. The lowest BCUT2D eigenvalue weighted by molar-refractivity contribution is -0.0545. The first kappa shape index (κ1) is 13.2. The van der Waals surface area contributed by atoms with E-state index in [1.807, 2.05) is 0 Å². The minimum atomic E-state index is -1.30. The van der Waals surface area contributed by atoms with Crippen molar-refractivity contribution in [3.8, 4) is 0 Å². The summed E-state index contributed by atoms with van der Waals surface area (Å²) in [7, 11) is 0. The van der Waals surface area contributed by atoms with Gasteiger partial charge in [0, 0.05) is 0 Å². The maximum Gasteiger partial charge on any atom is 0.263 e. The molecule has 3 rings (SSSR count). The molecular weight excluding hydrogens is 264 g/mol. The van der Waals surface area contributed by atoms with Crippen LogP contribution >= 0.6 is 0 Å². The highest BCUT2D eigenvalue weighted by Gasteiger charge is 2.43. The highest BCUT2D eigenvalue weighted by atomic mass is 16.6. The number of fused-ring (bicyclic) bond motifs is 1. The summed E-state index contributed by atoms with van der Waals surface area (Å²) in [5, 5.41) is 29.1. The molecule has 3 N–H and O–H groups in total. The second kappa shape index (κ2) is 4.95. The van der Waals surface area contributed by atoms with Gasteiger partial charge in [-0.25, -0.2) is 4.98 Å². The van der Waals surface area contributed by atoms with Gasteiger partial charge in [0.1, 0.15) is 24.6 Å². The quantitative estimate of drug-likeness (QED) is 0.651. The molecule has 0 amide bonds. The summed E-state index contributed by atoms with van der Waals surface area (Å²) in [6, 6.07) is 6.82. The summed E-state index contributed by atoms with van der Waals surface area (Å²) < 4.78 is 6.45. The van der Waals surface area contributed by atoms with Gasteiger partial charge >= 0.3 is 0 Å². The van der Waals surface area contributed by atoms with Crippen molar-refractivity contribution in [3.05, 3.63) is 40.9 Å². The fourth-order valence-corrected chi connectivity index (χ4v) is 2.37. The van der Waals surface area contributed by atoms with Crippen LogP contribution in [-0.4, -0.2) is 49.8 Å². The maximum atomic E-state index is 12.4. The Bertz CT molecular complexity index is 686. The first-order valence-corrected chi connectivity index (χ1v) is 6.22. The highest BCUT2D eigenvalue weighted by molar-refractivity contribution is 5.76. The van der Waals surface area contributed by atoms with Crippen LogP contribution in [0.15, 0.2) is 35.4 Å². The van der Waals surface area contributed by atoms with Crippen molar-refractivity contribution in [1.29, 1.82) is 0 Å². The van der Waals surface area contributed by atoms with E-state index < -0.39 is 31.1 Å². The van der Waals surface area contributed by atoms with Crippen LogP contribution in [0.25, 0.3) is 10.9 Å². The Kier molecular flexibility index (Phi) is 3.27. The summed E-state index contributed by atoms with van der Waals surface area (Å²) in [5.74, 6) is 0. The van der Waals surface area contributed by atoms with Crippen LogP contribution in [0.1, 0.15) is 6.23 Å². The number of hydrogen-bond donors (Lipinski definition) is 3. The van der Waals surface area contributed by atoms with E-state index in [2.05, 4.69) is 4.98 Å². The first-order chi connectivity index (χ1) is 9.63. The van der Waals surface area contributed by atoms with E-state index >= 15 is 0 Å². The number of hydrogen-bond acceptors (Lipinski definition) is 6. The molecule has 4 atom stereocenters. The van der Waals surface area contributed by atoms with Gasteiger partial charge in [-0.15, -0.1) is 0 Å². The molecule has 0 saturated carbocycles. The van der Waals surface area contributed by atoms with E-state index in [1.54, 1.807) is 24.3 Å². The number of ether oxygens (including phenoxy) is 1. The Morgan fingerprint density at radius 2 is 2.00 bits per heavy atom. The lowest BCUT2D eigenvalue weighted by Gasteiger charge is -2.17. The summed E-state index contributed by atoms with van der Waals surface area (Å²) in [6.45, 7) is -0.440. The van der Waals surface area contributed by atoms with E-state index in [0.717, 1.165) is 4.57 Å². The normalized spacial score (nSPS) is 29.9.